The maximum atomic E-state index is 11.7. The van der Waals surface area contributed by atoms with Gasteiger partial charge in [0.05, 0.1) is 6.57 Å². The second-order valence-corrected chi connectivity index (χ2v) is 20.0. The Bertz CT molecular complexity index is 4280. The molecule has 18 nitrogen and oxygen atoms in total. The molecule has 0 saturated carbocycles. The Hall–Kier alpha value is -14.1. The molecule has 9 rings (SSSR count). The van der Waals surface area contributed by atoms with E-state index in [9.17, 15) is 70.6 Å². The highest BCUT2D eigenvalue weighted by molar-refractivity contribution is 5.99. The van der Waals surface area contributed by atoms with Crippen LogP contribution in [0, 0.1) is 51.9 Å². The highest BCUT2D eigenvalue weighted by Gasteiger charge is 2.19. The fourth-order valence-corrected chi connectivity index (χ4v) is 9.69. The summed E-state index contributed by atoms with van der Waals surface area (Å²) in [6.07, 6.45) is 6.37. The number of carbonyl (C=O) groups is 5. The minimum Gasteiger partial charge on any atom is -0.486 e. The molecule has 0 heterocycles. The van der Waals surface area contributed by atoms with Gasteiger partial charge in [-0.2, -0.15) is 21.0 Å². The van der Waals surface area contributed by atoms with Gasteiger partial charge < -0.3 is 40.2 Å². The van der Waals surface area contributed by atoms with Crippen LogP contribution in [0.15, 0.2) is 246 Å². The molecule has 0 aromatic heterocycles. The lowest BCUT2D eigenvalue weighted by molar-refractivity contribution is -0.133. The van der Waals surface area contributed by atoms with E-state index in [1.165, 1.54) is 30.4 Å². The molecule has 0 aliphatic carbocycles. The zero-order chi connectivity index (χ0) is 65.4. The van der Waals surface area contributed by atoms with Crippen molar-refractivity contribution in [1.29, 1.82) is 21.0 Å². The van der Waals surface area contributed by atoms with Crippen molar-refractivity contribution in [3.63, 3.8) is 0 Å². The van der Waals surface area contributed by atoms with Crippen LogP contribution in [0.3, 0.4) is 0 Å². The molecule has 442 valence electrons. The number of benzene rings is 9. The topological polar surface area (TPSA) is 296 Å². The van der Waals surface area contributed by atoms with Crippen molar-refractivity contribution in [2.24, 2.45) is 0 Å². The maximum absolute atomic E-state index is 11.7. The summed E-state index contributed by atoms with van der Waals surface area (Å²) in [5, 5.41) is 84.8. The van der Waals surface area contributed by atoms with Crippen molar-refractivity contribution in [2.45, 2.75) is 0 Å². The van der Waals surface area contributed by atoms with Crippen LogP contribution in [0.1, 0.15) is 27.8 Å². The van der Waals surface area contributed by atoms with Gasteiger partial charge in [0.15, 0.2) is 0 Å². The Labute approximate surface area is 526 Å². The van der Waals surface area contributed by atoms with Crippen molar-refractivity contribution < 1.29 is 49.5 Å². The van der Waals surface area contributed by atoms with Gasteiger partial charge in [0.25, 0.3) is 5.70 Å². The zero-order valence-electron chi connectivity index (χ0n) is 48.0. The summed E-state index contributed by atoms with van der Waals surface area (Å²) < 4.78 is 0. The Kier molecular flexibility index (Phi) is 19.3. The van der Waals surface area contributed by atoms with Crippen molar-refractivity contribution in [1.82, 2.24) is 0 Å². The number of hydrogen-bond donors (Lipinski definition) is 5. The minimum absolute atomic E-state index is 0.424. The van der Waals surface area contributed by atoms with Gasteiger partial charge in [0, 0.05) is 51.2 Å². The van der Waals surface area contributed by atoms with E-state index in [1.54, 1.807) is 133 Å². The SMILES string of the molecule is [C-]#[N+]/C(=C\c1ccc(N(c2ccc(/C=C(\C#N)C(=O)O)cc2)c2ccc(-c3ccc(N(c4ccc(/C=C(/C#N)C(=O)O)cc4)c4ccc(-c5ccc(N(c6ccc(/C=C(/C#N)C(=O)O)cc6)c6ccc(/C=C(\C#N)C(=O)O)cc6)cc5)cc4)cc3)cc2)cc1)C(=O)O. The lowest BCUT2D eigenvalue weighted by atomic mass is 10.0. The fourth-order valence-electron chi connectivity index (χ4n) is 9.69. The molecule has 0 unspecified atom stereocenters. The summed E-state index contributed by atoms with van der Waals surface area (Å²) in [7, 11) is 0. The Balaban J connectivity index is 1.03. The van der Waals surface area contributed by atoms with Crippen molar-refractivity contribution in [3.8, 4) is 46.5 Å². The first-order chi connectivity index (χ1) is 44.5. The van der Waals surface area contributed by atoms with E-state index in [-0.39, 0.29) is 0 Å². The predicted molar refractivity (Wildman–Crippen MR) is 348 cm³/mol. The summed E-state index contributed by atoms with van der Waals surface area (Å²) in [6, 6.07) is 72.8. The molecule has 0 fully saturated rings. The van der Waals surface area contributed by atoms with E-state index in [2.05, 4.69) is 4.85 Å². The van der Waals surface area contributed by atoms with Crippen LogP contribution in [0.2, 0.25) is 0 Å². The van der Waals surface area contributed by atoms with Gasteiger partial charge in [-0.15, -0.1) is 0 Å². The lowest BCUT2D eigenvalue weighted by Crippen LogP contribution is -2.10. The average Bonchev–Trinajstić information content (AvgIpc) is 0.839. The molecule has 18 heteroatoms. The molecule has 0 amide bonds. The molecule has 9 aromatic carbocycles. The zero-order valence-corrected chi connectivity index (χ0v) is 48.0. The second-order valence-electron chi connectivity index (χ2n) is 20.0. The van der Waals surface area contributed by atoms with Gasteiger partial charge in [0.1, 0.15) is 46.6 Å². The minimum atomic E-state index is -1.36. The lowest BCUT2D eigenvalue weighted by Gasteiger charge is -2.27. The predicted octanol–water partition coefficient (Wildman–Crippen LogP) is 15.7. The normalized spacial score (nSPS) is 11.5. The summed E-state index contributed by atoms with van der Waals surface area (Å²) in [4.78, 5) is 67.0. The van der Waals surface area contributed by atoms with E-state index >= 15 is 0 Å². The first-order valence-corrected chi connectivity index (χ1v) is 27.5. The molecule has 0 bridgehead atoms. The quantitative estimate of drug-likeness (QED) is 0.0254. The summed E-state index contributed by atoms with van der Waals surface area (Å²) in [5.41, 5.74) is 10.1. The van der Waals surface area contributed by atoms with Gasteiger partial charge in [-0.25, -0.2) is 24.0 Å². The molecular weight excluding hydrogens is 1160 g/mol. The highest BCUT2D eigenvalue weighted by Crippen LogP contribution is 2.41. The third-order valence-corrected chi connectivity index (χ3v) is 14.2. The molecular formula is C74H46N8O10. The monoisotopic (exact) mass is 1210 g/mol. The van der Waals surface area contributed by atoms with Crippen LogP contribution in [-0.4, -0.2) is 55.4 Å². The van der Waals surface area contributed by atoms with Crippen LogP contribution in [0.4, 0.5) is 51.2 Å². The van der Waals surface area contributed by atoms with Gasteiger partial charge in [-0.1, -0.05) is 109 Å². The number of nitrogens with zero attached hydrogens (tertiary/aromatic N) is 8. The molecule has 0 aliphatic heterocycles. The largest absolute Gasteiger partial charge is 0.486 e. The van der Waals surface area contributed by atoms with Crippen LogP contribution in [0.25, 0.3) is 57.5 Å². The number of aliphatic carboxylic acids is 5. The number of carboxylic acid groups (broad SMARTS) is 5. The van der Waals surface area contributed by atoms with Gasteiger partial charge in [-0.05, 0) is 190 Å². The summed E-state index contributed by atoms with van der Waals surface area (Å²) >= 11 is 0. The Morgan fingerprint density at radius 3 is 0.587 bits per heavy atom. The van der Waals surface area contributed by atoms with Crippen molar-refractivity contribution in [3.05, 3.63) is 286 Å². The van der Waals surface area contributed by atoms with Crippen molar-refractivity contribution >= 4 is 111 Å². The molecule has 0 spiro atoms. The van der Waals surface area contributed by atoms with Crippen LogP contribution in [0.5, 0.6) is 0 Å². The molecule has 9 aromatic rings. The highest BCUT2D eigenvalue weighted by atomic mass is 16.4. The van der Waals surface area contributed by atoms with E-state index in [1.807, 2.05) is 124 Å². The standard InChI is InChI=1S/C74H46N8O10/c1-79-69(74(91)92)42-51-10-28-64(29-11-51)81(62-24-6-49(7-25-62)40-58(45-77)72(87)88)66-32-14-53(15-33-66)55-18-36-68(37-19-55)82(63-26-8-50(9-27-63)41-59(46-78)73(89)90)67-34-16-54(17-35-67)52-12-30-65(31-13-52)80(60-20-2-47(3-21-60)38-56(43-75)70(83)84)61-22-4-48(5-23-61)39-57(44-76)71(85)86/h2-42H,(H,83,84)(H,85,86)(H,87,88)(H,89,90)(H,91,92)/b56-38-,57-39+,58-40+,59-41-,69-42-. The van der Waals surface area contributed by atoms with Crippen LogP contribution < -0.4 is 14.7 Å². The third-order valence-electron chi connectivity index (χ3n) is 14.2. The Morgan fingerprint density at radius 1 is 0.283 bits per heavy atom. The molecule has 0 atom stereocenters. The average molecular weight is 1210 g/mol. The third kappa shape index (κ3) is 14.7. The molecule has 0 saturated heterocycles. The van der Waals surface area contributed by atoms with E-state index in [4.69, 9.17) is 6.57 Å². The van der Waals surface area contributed by atoms with Crippen LogP contribution in [-0.2, 0) is 24.0 Å². The first kappa shape index (κ1) is 62.4. The summed E-state index contributed by atoms with van der Waals surface area (Å²) in [5.74, 6) is -6.77. The first-order valence-electron chi connectivity index (χ1n) is 27.5. The Morgan fingerprint density at radius 2 is 0.446 bits per heavy atom. The van der Waals surface area contributed by atoms with Gasteiger partial charge >= 0.3 is 29.8 Å². The van der Waals surface area contributed by atoms with Gasteiger partial charge in [-0.3, -0.25) is 4.79 Å². The molecule has 0 radical (unpaired) electrons. The smallest absolute Gasteiger partial charge is 0.346 e. The van der Waals surface area contributed by atoms with E-state index in [0.29, 0.717) is 56.3 Å². The molecule has 5 N–H and O–H groups in total. The van der Waals surface area contributed by atoms with E-state index < -0.39 is 57.8 Å². The van der Waals surface area contributed by atoms with E-state index in [0.717, 1.165) is 45.0 Å². The number of carboxylic acids is 5. The second kappa shape index (κ2) is 28.4. The van der Waals surface area contributed by atoms with Gasteiger partial charge in [0.2, 0.25) is 0 Å². The fraction of sp³-hybridized carbons (Fsp3) is 0. The summed E-state index contributed by atoms with van der Waals surface area (Å²) in [6.45, 7) is 7.27. The van der Waals surface area contributed by atoms with Crippen LogP contribution >= 0.6 is 0 Å². The molecule has 0 aliphatic rings. The van der Waals surface area contributed by atoms with Crippen molar-refractivity contribution in [2.75, 3.05) is 14.7 Å². The molecule has 92 heavy (non-hydrogen) atoms. The number of nitriles is 4. The number of hydrogen-bond acceptors (Lipinski definition) is 12. The number of anilines is 9. The maximum Gasteiger partial charge on any atom is 0.346 e. The number of rotatable bonds is 21.